The highest BCUT2D eigenvalue weighted by molar-refractivity contribution is 6.08. The molecule has 3 rings (SSSR count). The molecular weight excluding hydrogens is 361 g/mol. The molecule has 0 aliphatic carbocycles. The SMILES string of the molecule is O=C1COc2ccc(C(=O)/C=C/c3c(F)c(F)c(F)c(F)c3F)cc2N1. The number of benzene rings is 2. The van der Waals surface area contributed by atoms with Crippen molar-refractivity contribution in [2.24, 2.45) is 0 Å². The average Bonchev–Trinajstić information content (AvgIpc) is 2.64. The zero-order valence-electron chi connectivity index (χ0n) is 12.7. The number of rotatable bonds is 3. The summed E-state index contributed by atoms with van der Waals surface area (Å²) in [4.78, 5) is 23.4. The Balaban J connectivity index is 1.92. The molecule has 0 spiro atoms. The standard InChI is InChI=1S/C17H8F5NO3/c18-13-8(14(19)16(21)17(22)15(13)20)2-3-10(24)7-1-4-11-9(5-7)23-12(25)6-26-11/h1-5H,6H2,(H,23,25)/b3-2+. The minimum Gasteiger partial charge on any atom is -0.482 e. The largest absolute Gasteiger partial charge is 0.482 e. The molecule has 0 saturated carbocycles. The van der Waals surface area contributed by atoms with Crippen LogP contribution in [0.1, 0.15) is 15.9 Å². The van der Waals surface area contributed by atoms with Gasteiger partial charge < -0.3 is 10.1 Å². The van der Waals surface area contributed by atoms with E-state index >= 15 is 0 Å². The first-order valence-corrected chi connectivity index (χ1v) is 7.10. The lowest BCUT2D eigenvalue weighted by atomic mass is 10.1. The molecule has 26 heavy (non-hydrogen) atoms. The smallest absolute Gasteiger partial charge is 0.262 e. The number of carbonyl (C=O) groups excluding carboxylic acids is 2. The fraction of sp³-hybridized carbons (Fsp3) is 0.0588. The minimum absolute atomic E-state index is 0.00896. The van der Waals surface area contributed by atoms with Crippen LogP contribution in [0.5, 0.6) is 5.75 Å². The lowest BCUT2D eigenvalue weighted by Crippen LogP contribution is -2.25. The number of fused-ring (bicyclic) bond motifs is 1. The van der Waals surface area contributed by atoms with Crippen molar-refractivity contribution in [1.82, 2.24) is 0 Å². The monoisotopic (exact) mass is 369 g/mol. The Morgan fingerprint density at radius 3 is 2.27 bits per heavy atom. The van der Waals surface area contributed by atoms with Crippen molar-refractivity contribution in [3.8, 4) is 5.75 Å². The Labute approximate surface area is 142 Å². The van der Waals surface area contributed by atoms with Crippen LogP contribution >= 0.6 is 0 Å². The normalized spacial score (nSPS) is 13.3. The number of carbonyl (C=O) groups is 2. The fourth-order valence-corrected chi connectivity index (χ4v) is 2.26. The minimum atomic E-state index is -2.28. The van der Waals surface area contributed by atoms with Gasteiger partial charge >= 0.3 is 0 Å². The second kappa shape index (κ2) is 6.58. The summed E-state index contributed by atoms with van der Waals surface area (Å²) < 4.78 is 71.5. The van der Waals surface area contributed by atoms with E-state index in [1.807, 2.05) is 0 Å². The number of ether oxygens (including phenoxy) is 1. The quantitative estimate of drug-likeness (QED) is 0.296. The predicted molar refractivity (Wildman–Crippen MR) is 80.2 cm³/mol. The van der Waals surface area contributed by atoms with Gasteiger partial charge in [0.25, 0.3) is 5.91 Å². The zero-order valence-corrected chi connectivity index (χ0v) is 12.7. The van der Waals surface area contributed by atoms with Crippen molar-refractivity contribution >= 4 is 23.5 Å². The molecule has 9 heteroatoms. The number of anilines is 1. The van der Waals surface area contributed by atoms with Gasteiger partial charge in [0.1, 0.15) is 5.75 Å². The fourth-order valence-electron chi connectivity index (χ4n) is 2.26. The van der Waals surface area contributed by atoms with Gasteiger partial charge in [-0.25, -0.2) is 22.0 Å². The van der Waals surface area contributed by atoms with Crippen molar-refractivity contribution in [2.75, 3.05) is 11.9 Å². The molecule has 0 bridgehead atoms. The van der Waals surface area contributed by atoms with Gasteiger partial charge in [-0.05, 0) is 30.4 Å². The lowest BCUT2D eigenvalue weighted by Gasteiger charge is -2.17. The molecule has 1 N–H and O–H groups in total. The third-order valence-electron chi connectivity index (χ3n) is 3.54. The van der Waals surface area contributed by atoms with E-state index < -0.39 is 46.3 Å². The number of halogens is 5. The summed E-state index contributed by atoms with van der Waals surface area (Å²) in [6.07, 6.45) is 1.15. The third kappa shape index (κ3) is 3.03. The van der Waals surface area contributed by atoms with Crippen LogP contribution in [0.25, 0.3) is 6.08 Å². The Bertz CT molecular complexity index is 942. The topological polar surface area (TPSA) is 55.4 Å². The Kier molecular flexibility index (Phi) is 4.45. The van der Waals surface area contributed by atoms with E-state index in [4.69, 9.17) is 4.74 Å². The van der Waals surface area contributed by atoms with Crippen molar-refractivity contribution in [1.29, 1.82) is 0 Å². The molecule has 2 aromatic carbocycles. The van der Waals surface area contributed by atoms with Crippen LogP contribution in [-0.2, 0) is 4.79 Å². The summed E-state index contributed by atoms with van der Waals surface area (Å²) in [6, 6.07) is 3.98. The summed E-state index contributed by atoms with van der Waals surface area (Å²) in [7, 11) is 0. The zero-order chi connectivity index (χ0) is 19.0. The van der Waals surface area contributed by atoms with Gasteiger partial charge in [-0.1, -0.05) is 0 Å². The molecule has 0 radical (unpaired) electrons. The van der Waals surface area contributed by atoms with E-state index in [0.717, 1.165) is 0 Å². The second-order valence-corrected chi connectivity index (χ2v) is 5.23. The van der Waals surface area contributed by atoms with Crippen LogP contribution in [0.15, 0.2) is 24.3 Å². The molecule has 0 saturated heterocycles. The number of allylic oxidation sites excluding steroid dienone is 1. The van der Waals surface area contributed by atoms with Crippen LogP contribution in [0.3, 0.4) is 0 Å². The first-order valence-electron chi connectivity index (χ1n) is 7.10. The van der Waals surface area contributed by atoms with Crippen LogP contribution in [0.4, 0.5) is 27.6 Å². The summed E-state index contributed by atoms with van der Waals surface area (Å²) >= 11 is 0. The van der Waals surface area contributed by atoms with Gasteiger partial charge in [-0.2, -0.15) is 0 Å². The summed E-state index contributed by atoms with van der Waals surface area (Å²) in [5.74, 6) is -11.5. The van der Waals surface area contributed by atoms with Crippen molar-refractivity contribution in [2.45, 2.75) is 0 Å². The average molecular weight is 369 g/mol. The van der Waals surface area contributed by atoms with E-state index in [2.05, 4.69) is 5.32 Å². The van der Waals surface area contributed by atoms with E-state index in [0.29, 0.717) is 17.9 Å². The molecule has 0 aromatic heterocycles. The molecule has 2 aromatic rings. The number of amides is 1. The summed E-state index contributed by atoms with van der Waals surface area (Å²) in [5, 5.41) is 2.47. The highest BCUT2D eigenvalue weighted by atomic mass is 19.2. The molecule has 1 amide bonds. The molecule has 1 aliphatic rings. The second-order valence-electron chi connectivity index (χ2n) is 5.23. The van der Waals surface area contributed by atoms with E-state index in [1.165, 1.54) is 18.2 Å². The maximum Gasteiger partial charge on any atom is 0.262 e. The predicted octanol–water partition coefficient (Wildman–Crippen LogP) is 3.61. The van der Waals surface area contributed by atoms with Gasteiger partial charge in [-0.3, -0.25) is 9.59 Å². The molecule has 0 unspecified atom stereocenters. The van der Waals surface area contributed by atoms with E-state index in [1.54, 1.807) is 0 Å². The highest BCUT2D eigenvalue weighted by Gasteiger charge is 2.24. The Morgan fingerprint density at radius 2 is 1.62 bits per heavy atom. The van der Waals surface area contributed by atoms with Gasteiger partial charge in [0.05, 0.1) is 11.3 Å². The number of nitrogens with one attached hydrogen (secondary N) is 1. The van der Waals surface area contributed by atoms with E-state index in [-0.39, 0.29) is 17.9 Å². The van der Waals surface area contributed by atoms with Gasteiger partial charge in [0.2, 0.25) is 5.82 Å². The first-order chi connectivity index (χ1) is 12.3. The van der Waals surface area contributed by atoms with Gasteiger partial charge in [-0.15, -0.1) is 0 Å². The van der Waals surface area contributed by atoms with Crippen LogP contribution in [-0.4, -0.2) is 18.3 Å². The maximum absolute atomic E-state index is 13.6. The van der Waals surface area contributed by atoms with Crippen LogP contribution < -0.4 is 10.1 Å². The molecule has 1 aliphatic heterocycles. The molecule has 0 atom stereocenters. The maximum atomic E-state index is 13.6. The Hall–Kier alpha value is -3.23. The highest BCUT2D eigenvalue weighted by Crippen LogP contribution is 2.29. The summed E-state index contributed by atoms with van der Waals surface area (Å²) in [5.41, 5.74) is -1.00. The van der Waals surface area contributed by atoms with Crippen molar-refractivity contribution < 1.29 is 36.3 Å². The molecule has 4 nitrogen and oxygen atoms in total. The number of hydrogen-bond donors (Lipinski definition) is 1. The molecule has 1 heterocycles. The molecular formula is C17H8F5NO3. The van der Waals surface area contributed by atoms with Gasteiger partial charge in [0.15, 0.2) is 35.7 Å². The first kappa shape index (κ1) is 17.6. The van der Waals surface area contributed by atoms with Crippen LogP contribution in [0, 0.1) is 29.1 Å². The van der Waals surface area contributed by atoms with Crippen molar-refractivity contribution in [3.63, 3.8) is 0 Å². The summed E-state index contributed by atoms with van der Waals surface area (Å²) in [6.45, 7) is -0.180. The molecule has 134 valence electrons. The van der Waals surface area contributed by atoms with Gasteiger partial charge in [0, 0.05) is 5.56 Å². The number of ketones is 1. The Morgan fingerprint density at radius 1 is 1.00 bits per heavy atom. The van der Waals surface area contributed by atoms with E-state index in [9.17, 15) is 31.5 Å². The van der Waals surface area contributed by atoms with Crippen molar-refractivity contribution in [3.05, 3.63) is 64.5 Å². The lowest BCUT2D eigenvalue weighted by molar-refractivity contribution is -0.118. The third-order valence-corrected chi connectivity index (χ3v) is 3.54. The van der Waals surface area contributed by atoms with Crippen LogP contribution in [0.2, 0.25) is 0 Å². The molecule has 0 fully saturated rings. The number of hydrogen-bond acceptors (Lipinski definition) is 3.